The molecule has 1 aliphatic rings. The fourth-order valence-corrected chi connectivity index (χ4v) is 6.00. The molecule has 39 heavy (non-hydrogen) atoms. The molecule has 0 spiro atoms. The van der Waals surface area contributed by atoms with Gasteiger partial charge in [0.1, 0.15) is 11.4 Å². The number of sulfonamides is 1. The standard InChI is InChI=1S/C29H33N3O6S/c1-4-21-10-9-11-23(18-21)32-29(34)31(24-12-7-8-13-27(24)39(32,35)36)20-28(33)30-17-16-22-14-15-25(37-5-2)26(19-22)38-6-3/h7-15,18-19H,4-6,16-17,20H2,1-3H3,(H,30,33). The van der Waals surface area contributed by atoms with Crippen LogP contribution in [0.5, 0.6) is 11.5 Å². The maximum Gasteiger partial charge on any atom is 0.343 e. The van der Waals surface area contributed by atoms with E-state index in [0.717, 1.165) is 15.4 Å². The average Bonchev–Trinajstić information content (AvgIpc) is 2.93. The molecule has 3 amide bonds. The zero-order valence-corrected chi connectivity index (χ0v) is 23.2. The lowest BCUT2D eigenvalue weighted by Gasteiger charge is -2.36. The summed E-state index contributed by atoms with van der Waals surface area (Å²) in [4.78, 5) is 27.7. The number of nitrogens with zero attached hydrogens (tertiary/aromatic N) is 2. The molecule has 206 valence electrons. The molecule has 3 aromatic rings. The van der Waals surface area contributed by atoms with E-state index in [9.17, 15) is 18.0 Å². The first-order valence-corrected chi connectivity index (χ1v) is 14.4. The normalized spacial score (nSPS) is 14.1. The van der Waals surface area contributed by atoms with Crippen molar-refractivity contribution in [1.29, 1.82) is 0 Å². The van der Waals surface area contributed by atoms with Crippen molar-refractivity contribution in [3.05, 3.63) is 77.9 Å². The minimum Gasteiger partial charge on any atom is -0.490 e. The molecule has 0 saturated heterocycles. The van der Waals surface area contributed by atoms with E-state index in [1.807, 2.05) is 45.0 Å². The Hall–Kier alpha value is -4.05. The van der Waals surface area contributed by atoms with Crippen molar-refractivity contribution in [2.24, 2.45) is 0 Å². The Morgan fingerprint density at radius 3 is 2.36 bits per heavy atom. The molecule has 10 heteroatoms. The van der Waals surface area contributed by atoms with Gasteiger partial charge in [0.05, 0.1) is 24.6 Å². The number of nitrogens with one attached hydrogen (secondary N) is 1. The number of hydrogen-bond donors (Lipinski definition) is 1. The van der Waals surface area contributed by atoms with Gasteiger partial charge >= 0.3 is 6.03 Å². The molecule has 0 fully saturated rings. The Bertz CT molecular complexity index is 1460. The van der Waals surface area contributed by atoms with Crippen LogP contribution in [0.3, 0.4) is 0 Å². The Labute approximate surface area is 229 Å². The SMILES string of the molecule is CCOc1ccc(CCNC(=O)CN2C(=O)N(c3cccc(CC)c3)S(=O)(=O)c3ccccc32)cc1OCC. The van der Waals surface area contributed by atoms with Crippen LogP contribution in [0.1, 0.15) is 31.9 Å². The van der Waals surface area contributed by atoms with Crippen molar-refractivity contribution in [3.63, 3.8) is 0 Å². The first kappa shape index (κ1) is 28.0. The monoisotopic (exact) mass is 551 g/mol. The van der Waals surface area contributed by atoms with Crippen LogP contribution in [0, 0.1) is 0 Å². The number of hydrogen-bond acceptors (Lipinski definition) is 6. The van der Waals surface area contributed by atoms with Gasteiger partial charge < -0.3 is 14.8 Å². The van der Waals surface area contributed by atoms with Crippen LogP contribution < -0.4 is 24.0 Å². The highest BCUT2D eigenvalue weighted by atomic mass is 32.2. The summed E-state index contributed by atoms with van der Waals surface area (Å²) in [5, 5.41) is 2.84. The summed E-state index contributed by atoms with van der Waals surface area (Å²) in [7, 11) is -4.16. The molecule has 1 heterocycles. The van der Waals surface area contributed by atoms with Crippen molar-refractivity contribution >= 4 is 33.3 Å². The second-order valence-corrected chi connectivity index (χ2v) is 10.6. The number of fused-ring (bicyclic) bond motifs is 1. The second kappa shape index (κ2) is 12.2. The molecule has 0 bridgehead atoms. The van der Waals surface area contributed by atoms with Crippen molar-refractivity contribution < 1.29 is 27.5 Å². The summed E-state index contributed by atoms with van der Waals surface area (Å²) in [6, 6.07) is 17.9. The maximum atomic E-state index is 13.6. The minimum absolute atomic E-state index is 0.0304. The fraction of sp³-hybridized carbons (Fsp3) is 0.310. The van der Waals surface area contributed by atoms with Crippen LogP contribution in [0.4, 0.5) is 16.2 Å². The first-order valence-electron chi connectivity index (χ1n) is 13.0. The van der Waals surface area contributed by atoms with Gasteiger partial charge in [-0.15, -0.1) is 0 Å². The number of para-hydroxylation sites is 1. The van der Waals surface area contributed by atoms with E-state index in [1.165, 1.54) is 17.0 Å². The summed E-state index contributed by atoms with van der Waals surface area (Å²) >= 11 is 0. The lowest BCUT2D eigenvalue weighted by molar-refractivity contribution is -0.119. The highest BCUT2D eigenvalue weighted by Crippen LogP contribution is 2.37. The molecule has 1 aliphatic heterocycles. The molecule has 3 aromatic carbocycles. The summed E-state index contributed by atoms with van der Waals surface area (Å²) in [6.07, 6.45) is 1.21. The zero-order chi connectivity index (χ0) is 28.0. The van der Waals surface area contributed by atoms with E-state index >= 15 is 0 Å². The van der Waals surface area contributed by atoms with Gasteiger partial charge in [-0.3, -0.25) is 9.69 Å². The van der Waals surface area contributed by atoms with E-state index in [4.69, 9.17) is 9.47 Å². The van der Waals surface area contributed by atoms with E-state index < -0.39 is 22.0 Å². The number of ether oxygens (including phenoxy) is 2. The van der Waals surface area contributed by atoms with E-state index in [-0.39, 0.29) is 22.8 Å². The van der Waals surface area contributed by atoms with Crippen molar-refractivity contribution in [2.75, 3.05) is 35.5 Å². The summed E-state index contributed by atoms with van der Waals surface area (Å²) in [5.74, 6) is 0.904. The second-order valence-electron chi connectivity index (χ2n) is 8.88. The molecule has 0 aliphatic carbocycles. The Morgan fingerprint density at radius 2 is 1.62 bits per heavy atom. The van der Waals surface area contributed by atoms with Gasteiger partial charge in [0.25, 0.3) is 10.0 Å². The van der Waals surface area contributed by atoms with Crippen LogP contribution >= 0.6 is 0 Å². The third-order valence-electron chi connectivity index (χ3n) is 6.28. The highest BCUT2D eigenvalue weighted by molar-refractivity contribution is 7.94. The van der Waals surface area contributed by atoms with Gasteiger partial charge in [-0.2, -0.15) is 4.31 Å². The number of aryl methyl sites for hydroxylation is 1. The average molecular weight is 552 g/mol. The number of carbonyl (C=O) groups is 2. The number of anilines is 2. The third-order valence-corrected chi connectivity index (χ3v) is 8.03. The highest BCUT2D eigenvalue weighted by Gasteiger charge is 2.43. The van der Waals surface area contributed by atoms with Crippen molar-refractivity contribution in [3.8, 4) is 11.5 Å². The first-order chi connectivity index (χ1) is 18.8. The summed E-state index contributed by atoms with van der Waals surface area (Å²) in [5.41, 5.74) is 2.25. The number of urea groups is 1. The molecule has 9 nitrogen and oxygen atoms in total. The Kier molecular flexibility index (Phi) is 8.75. The van der Waals surface area contributed by atoms with Crippen LogP contribution in [-0.2, 0) is 27.7 Å². The molecular formula is C29H33N3O6S. The number of carbonyl (C=O) groups excluding carboxylic acids is 2. The Morgan fingerprint density at radius 1 is 0.872 bits per heavy atom. The summed E-state index contributed by atoms with van der Waals surface area (Å²) in [6.45, 7) is 6.77. The smallest absolute Gasteiger partial charge is 0.343 e. The number of rotatable bonds is 11. The summed E-state index contributed by atoms with van der Waals surface area (Å²) < 4.78 is 39.0. The van der Waals surface area contributed by atoms with Crippen LogP contribution in [-0.4, -0.2) is 46.7 Å². The zero-order valence-electron chi connectivity index (χ0n) is 22.3. The van der Waals surface area contributed by atoms with E-state index in [1.54, 1.807) is 30.3 Å². The van der Waals surface area contributed by atoms with Crippen molar-refractivity contribution in [2.45, 2.75) is 38.5 Å². The van der Waals surface area contributed by atoms with E-state index in [0.29, 0.717) is 44.1 Å². The van der Waals surface area contributed by atoms with Gasteiger partial charge in [-0.25, -0.2) is 13.2 Å². The molecular weight excluding hydrogens is 518 g/mol. The molecule has 0 saturated carbocycles. The topological polar surface area (TPSA) is 105 Å². The predicted molar refractivity (Wildman–Crippen MR) is 150 cm³/mol. The van der Waals surface area contributed by atoms with Gasteiger partial charge in [-0.05, 0) is 74.2 Å². The minimum atomic E-state index is -4.16. The predicted octanol–water partition coefficient (Wildman–Crippen LogP) is 4.54. The molecule has 1 N–H and O–H groups in total. The molecule has 0 unspecified atom stereocenters. The van der Waals surface area contributed by atoms with E-state index in [2.05, 4.69) is 5.32 Å². The third kappa shape index (κ3) is 6.01. The number of amides is 3. The molecule has 0 radical (unpaired) electrons. The fourth-order valence-electron chi connectivity index (χ4n) is 4.41. The van der Waals surface area contributed by atoms with Crippen LogP contribution in [0.25, 0.3) is 0 Å². The van der Waals surface area contributed by atoms with Crippen LogP contribution in [0.15, 0.2) is 71.6 Å². The molecule has 0 atom stereocenters. The maximum absolute atomic E-state index is 13.6. The quantitative estimate of drug-likeness (QED) is 0.375. The van der Waals surface area contributed by atoms with Gasteiger partial charge in [-0.1, -0.05) is 37.3 Å². The van der Waals surface area contributed by atoms with Crippen molar-refractivity contribution in [1.82, 2.24) is 5.32 Å². The van der Waals surface area contributed by atoms with Gasteiger partial charge in [0.15, 0.2) is 11.5 Å². The molecule has 0 aromatic heterocycles. The largest absolute Gasteiger partial charge is 0.490 e. The van der Waals surface area contributed by atoms with Gasteiger partial charge in [0, 0.05) is 6.54 Å². The van der Waals surface area contributed by atoms with Gasteiger partial charge in [0.2, 0.25) is 5.91 Å². The molecule has 4 rings (SSSR count). The lowest BCUT2D eigenvalue weighted by atomic mass is 10.1. The Balaban J connectivity index is 1.51. The van der Waals surface area contributed by atoms with Crippen LogP contribution in [0.2, 0.25) is 0 Å². The lowest BCUT2D eigenvalue weighted by Crippen LogP contribution is -2.53. The number of benzene rings is 3.